The van der Waals surface area contributed by atoms with Crippen molar-refractivity contribution in [2.75, 3.05) is 5.73 Å². The molecule has 14 heavy (non-hydrogen) atoms. The molecule has 2 N–H and O–H groups in total. The van der Waals surface area contributed by atoms with Crippen molar-refractivity contribution in [3.8, 4) is 0 Å². The van der Waals surface area contributed by atoms with Gasteiger partial charge in [0.2, 0.25) is 5.95 Å². The molecule has 0 fully saturated rings. The fraction of sp³-hybridized carbons (Fsp3) is 0.833. The van der Waals surface area contributed by atoms with Crippen molar-refractivity contribution in [1.82, 2.24) is 20.2 Å². The predicted molar refractivity (Wildman–Crippen MR) is 42.1 cm³/mol. The molecule has 0 atom stereocenters. The van der Waals surface area contributed by atoms with Gasteiger partial charge in [0.05, 0.1) is 0 Å². The van der Waals surface area contributed by atoms with Crippen LogP contribution in [0, 0.1) is 0 Å². The molecule has 0 aromatic carbocycles. The number of anilines is 1. The van der Waals surface area contributed by atoms with Gasteiger partial charge in [-0.1, -0.05) is 5.10 Å². The molecular formula is C6H10F3N5. The molecule has 5 nitrogen and oxygen atoms in total. The topological polar surface area (TPSA) is 69.6 Å². The summed E-state index contributed by atoms with van der Waals surface area (Å²) < 4.78 is 36.5. The lowest BCUT2D eigenvalue weighted by atomic mass is 10.2. The van der Waals surface area contributed by atoms with Crippen molar-refractivity contribution in [3.05, 3.63) is 0 Å². The molecule has 0 spiro atoms. The van der Waals surface area contributed by atoms with E-state index in [1.807, 2.05) is 0 Å². The van der Waals surface area contributed by atoms with Crippen LogP contribution in [0.4, 0.5) is 19.1 Å². The third kappa shape index (κ3) is 3.58. The van der Waals surface area contributed by atoms with Gasteiger partial charge in [0.15, 0.2) is 0 Å². The Kier molecular flexibility index (Phi) is 3.26. The molecule has 0 bridgehead atoms. The minimum absolute atomic E-state index is 0.0583. The fourth-order valence-electron chi connectivity index (χ4n) is 0.958. The molecule has 0 aliphatic rings. The van der Waals surface area contributed by atoms with E-state index < -0.39 is 12.6 Å². The van der Waals surface area contributed by atoms with Crippen molar-refractivity contribution < 1.29 is 13.2 Å². The van der Waals surface area contributed by atoms with E-state index in [1.54, 1.807) is 0 Å². The lowest BCUT2D eigenvalue weighted by Gasteiger charge is -2.05. The summed E-state index contributed by atoms with van der Waals surface area (Å²) in [7, 11) is 0. The molecule has 0 saturated carbocycles. The zero-order chi connectivity index (χ0) is 10.6. The summed E-state index contributed by atoms with van der Waals surface area (Å²) in [5.41, 5.74) is 5.31. The Morgan fingerprint density at radius 1 is 1.29 bits per heavy atom. The molecule has 0 unspecified atom stereocenters. The van der Waals surface area contributed by atoms with Gasteiger partial charge in [0.25, 0.3) is 0 Å². The van der Waals surface area contributed by atoms with Crippen LogP contribution < -0.4 is 5.73 Å². The van der Waals surface area contributed by atoms with Crippen LogP contribution >= 0.6 is 0 Å². The number of alkyl halides is 3. The Morgan fingerprint density at radius 3 is 2.50 bits per heavy atom. The van der Waals surface area contributed by atoms with Crippen molar-refractivity contribution in [3.63, 3.8) is 0 Å². The summed E-state index contributed by atoms with van der Waals surface area (Å²) in [5.74, 6) is 0.122. The van der Waals surface area contributed by atoms with Crippen LogP contribution in [0.25, 0.3) is 0 Å². The maximum Gasteiger partial charge on any atom is 0.389 e. The first-order valence-corrected chi connectivity index (χ1v) is 4.07. The Balaban J connectivity index is 2.20. The number of hydrogen-bond donors (Lipinski definition) is 1. The molecule has 1 heterocycles. The lowest BCUT2D eigenvalue weighted by molar-refractivity contribution is -0.135. The summed E-state index contributed by atoms with van der Waals surface area (Å²) in [6.07, 6.45) is -4.46. The molecule has 0 saturated heterocycles. The third-order valence-corrected chi connectivity index (χ3v) is 1.64. The van der Waals surface area contributed by atoms with E-state index in [4.69, 9.17) is 5.73 Å². The zero-order valence-electron chi connectivity index (χ0n) is 7.33. The summed E-state index contributed by atoms with van der Waals surface area (Å²) in [5, 5.41) is 10.2. The number of nitrogens with zero attached hydrogens (tertiary/aromatic N) is 4. The first-order chi connectivity index (χ1) is 6.49. The molecule has 0 amide bonds. The van der Waals surface area contributed by atoms with Crippen LogP contribution in [-0.4, -0.2) is 26.4 Å². The minimum atomic E-state index is -4.09. The molecule has 0 aliphatic heterocycles. The van der Waals surface area contributed by atoms with Gasteiger partial charge >= 0.3 is 6.18 Å². The number of aromatic nitrogens is 4. The first-order valence-electron chi connectivity index (χ1n) is 4.07. The highest BCUT2D eigenvalue weighted by Gasteiger charge is 2.25. The zero-order valence-corrected chi connectivity index (χ0v) is 7.33. The Morgan fingerprint density at radius 2 is 2.00 bits per heavy atom. The number of hydrogen-bond acceptors (Lipinski definition) is 4. The summed E-state index contributed by atoms with van der Waals surface area (Å²) in [4.78, 5) is 0. The van der Waals surface area contributed by atoms with Gasteiger partial charge in [-0.15, -0.1) is 0 Å². The molecule has 8 heteroatoms. The number of rotatable bonds is 4. The van der Waals surface area contributed by atoms with E-state index >= 15 is 0 Å². The summed E-state index contributed by atoms with van der Waals surface area (Å²) in [6, 6.07) is 0. The van der Waals surface area contributed by atoms with Gasteiger partial charge in [0, 0.05) is 13.0 Å². The standard InChI is InChI=1S/C6H10F3N5/c7-6(8,9)3-1-2-4-14-5(10)11-12-13-14/h1-4H2,(H2,10,11,13). The number of nitrogen functional groups attached to an aromatic ring is 1. The van der Waals surface area contributed by atoms with Gasteiger partial charge in [0.1, 0.15) is 0 Å². The van der Waals surface area contributed by atoms with Gasteiger partial charge in [-0.25, -0.2) is 4.68 Å². The fourth-order valence-corrected chi connectivity index (χ4v) is 0.958. The Labute approximate surface area is 78.1 Å². The van der Waals surface area contributed by atoms with E-state index in [9.17, 15) is 13.2 Å². The van der Waals surface area contributed by atoms with Crippen molar-refractivity contribution in [2.45, 2.75) is 32.0 Å². The SMILES string of the molecule is Nc1nnnn1CCCCC(F)(F)F. The molecule has 1 rings (SSSR count). The predicted octanol–water partition coefficient (Wildman–Crippen LogP) is 0.988. The molecular weight excluding hydrogens is 199 g/mol. The van der Waals surface area contributed by atoms with Crippen LogP contribution in [0.15, 0.2) is 0 Å². The Bertz CT molecular complexity index is 281. The largest absolute Gasteiger partial charge is 0.389 e. The monoisotopic (exact) mass is 209 g/mol. The average molecular weight is 209 g/mol. The van der Waals surface area contributed by atoms with Crippen LogP contribution in [0.3, 0.4) is 0 Å². The van der Waals surface area contributed by atoms with E-state index in [0.29, 0.717) is 13.0 Å². The first kappa shape index (κ1) is 10.7. The number of aryl methyl sites for hydroxylation is 1. The minimum Gasteiger partial charge on any atom is -0.367 e. The maximum atomic E-state index is 11.7. The molecule has 1 aromatic rings. The highest BCUT2D eigenvalue weighted by Crippen LogP contribution is 2.22. The molecule has 0 aliphatic carbocycles. The number of tetrazole rings is 1. The maximum absolute atomic E-state index is 11.7. The average Bonchev–Trinajstić information content (AvgIpc) is 2.44. The van der Waals surface area contributed by atoms with Gasteiger partial charge in [-0.3, -0.25) is 0 Å². The molecule has 80 valence electrons. The highest BCUT2D eigenvalue weighted by molar-refractivity contribution is 5.09. The smallest absolute Gasteiger partial charge is 0.367 e. The molecule has 0 radical (unpaired) electrons. The van der Waals surface area contributed by atoms with Crippen LogP contribution in [-0.2, 0) is 6.54 Å². The van der Waals surface area contributed by atoms with Crippen molar-refractivity contribution in [1.29, 1.82) is 0 Å². The number of unbranched alkanes of at least 4 members (excludes halogenated alkanes) is 1. The van der Waals surface area contributed by atoms with E-state index in [0.717, 1.165) is 0 Å². The summed E-state index contributed by atoms with van der Waals surface area (Å²) in [6.45, 7) is 0.314. The van der Waals surface area contributed by atoms with Crippen LogP contribution in [0.5, 0.6) is 0 Å². The lowest BCUT2D eigenvalue weighted by Crippen LogP contribution is -2.09. The second-order valence-corrected chi connectivity index (χ2v) is 2.83. The highest BCUT2D eigenvalue weighted by atomic mass is 19.4. The second-order valence-electron chi connectivity index (χ2n) is 2.83. The van der Waals surface area contributed by atoms with Crippen molar-refractivity contribution in [2.24, 2.45) is 0 Å². The quantitative estimate of drug-likeness (QED) is 0.750. The molecule has 1 aromatic heterocycles. The van der Waals surface area contributed by atoms with E-state index in [-0.39, 0.29) is 12.4 Å². The number of halogens is 3. The van der Waals surface area contributed by atoms with Gasteiger partial charge in [-0.05, 0) is 23.3 Å². The van der Waals surface area contributed by atoms with Gasteiger partial charge in [-0.2, -0.15) is 13.2 Å². The van der Waals surface area contributed by atoms with Crippen molar-refractivity contribution >= 4 is 5.95 Å². The third-order valence-electron chi connectivity index (χ3n) is 1.64. The van der Waals surface area contributed by atoms with Gasteiger partial charge < -0.3 is 5.73 Å². The van der Waals surface area contributed by atoms with E-state index in [2.05, 4.69) is 15.5 Å². The van der Waals surface area contributed by atoms with Crippen LogP contribution in [0.1, 0.15) is 19.3 Å². The normalized spacial score (nSPS) is 11.9. The second kappa shape index (κ2) is 4.25. The number of nitrogens with two attached hydrogens (primary N) is 1. The van der Waals surface area contributed by atoms with E-state index in [1.165, 1.54) is 4.68 Å². The summed E-state index contributed by atoms with van der Waals surface area (Å²) >= 11 is 0. The Hall–Kier alpha value is -1.34. The van der Waals surface area contributed by atoms with Crippen LogP contribution in [0.2, 0.25) is 0 Å².